The lowest BCUT2D eigenvalue weighted by atomic mass is 9.80. The molecule has 94 valence electrons. The number of nitrogens with one attached hydrogen (secondary N) is 1. The highest BCUT2D eigenvalue weighted by Crippen LogP contribution is 2.34. The third kappa shape index (κ3) is 2.71. The molecule has 0 aliphatic carbocycles. The molecule has 0 bridgehead atoms. The molecule has 1 heteroatoms. The Morgan fingerprint density at radius 3 is 2.59 bits per heavy atom. The van der Waals surface area contributed by atoms with Gasteiger partial charge in [0, 0.05) is 6.04 Å². The summed E-state index contributed by atoms with van der Waals surface area (Å²) in [4.78, 5) is 0. The van der Waals surface area contributed by atoms with Crippen LogP contribution in [0.25, 0.3) is 0 Å². The zero-order valence-electron chi connectivity index (χ0n) is 11.6. The fraction of sp³-hybridized carbons (Fsp3) is 0.625. The van der Waals surface area contributed by atoms with E-state index in [0.29, 0.717) is 6.04 Å². The van der Waals surface area contributed by atoms with Crippen molar-refractivity contribution < 1.29 is 0 Å². The Kier molecular flexibility index (Phi) is 3.58. The molecule has 1 aliphatic rings. The topological polar surface area (TPSA) is 12.0 Å². The molecule has 1 nitrogen and oxygen atoms in total. The van der Waals surface area contributed by atoms with Crippen molar-refractivity contribution in [3.05, 3.63) is 34.9 Å². The number of benzene rings is 1. The third-order valence-corrected chi connectivity index (χ3v) is 3.77. The minimum absolute atomic E-state index is 0.242. The van der Waals surface area contributed by atoms with E-state index in [2.05, 4.69) is 51.2 Å². The summed E-state index contributed by atoms with van der Waals surface area (Å²) in [6.07, 6.45) is 3.73. The van der Waals surface area contributed by atoms with Crippen molar-refractivity contribution >= 4 is 0 Å². The molecule has 1 aromatic rings. The van der Waals surface area contributed by atoms with Crippen LogP contribution in [-0.2, 0) is 11.8 Å². The smallest absolute Gasteiger partial charge is 0.0323 e. The Balaban J connectivity index is 2.43. The maximum atomic E-state index is 3.64. The summed E-state index contributed by atoms with van der Waals surface area (Å²) >= 11 is 0. The van der Waals surface area contributed by atoms with Crippen LogP contribution >= 0.6 is 0 Å². The van der Waals surface area contributed by atoms with Crippen LogP contribution in [0.3, 0.4) is 0 Å². The van der Waals surface area contributed by atoms with E-state index < -0.39 is 0 Å². The van der Waals surface area contributed by atoms with E-state index in [9.17, 15) is 0 Å². The van der Waals surface area contributed by atoms with Crippen molar-refractivity contribution in [1.82, 2.24) is 5.32 Å². The molecule has 0 amide bonds. The fourth-order valence-corrected chi connectivity index (χ4v) is 2.75. The molecule has 2 rings (SSSR count). The second kappa shape index (κ2) is 4.81. The predicted octanol–water partition coefficient (Wildman–Crippen LogP) is 3.97. The summed E-state index contributed by atoms with van der Waals surface area (Å²) in [6.45, 7) is 10.3. The minimum atomic E-state index is 0.242. The molecule has 1 atom stereocenters. The lowest BCUT2D eigenvalue weighted by Crippen LogP contribution is -2.21. The number of hydrogen-bond donors (Lipinski definition) is 1. The Labute approximate surface area is 106 Å². The molecule has 1 heterocycles. The van der Waals surface area contributed by atoms with Gasteiger partial charge >= 0.3 is 0 Å². The van der Waals surface area contributed by atoms with E-state index in [-0.39, 0.29) is 5.41 Å². The first kappa shape index (κ1) is 12.6. The van der Waals surface area contributed by atoms with Crippen LogP contribution in [0.1, 0.15) is 63.3 Å². The first-order valence-electron chi connectivity index (χ1n) is 6.89. The molecule has 1 aromatic carbocycles. The number of rotatable bonds is 2. The first-order chi connectivity index (χ1) is 8.02. The van der Waals surface area contributed by atoms with Gasteiger partial charge in [-0.1, -0.05) is 45.9 Å². The van der Waals surface area contributed by atoms with E-state index in [0.717, 1.165) is 6.42 Å². The molecular formula is C16H25N. The molecular weight excluding hydrogens is 206 g/mol. The Bertz CT molecular complexity index is 381. The average Bonchev–Trinajstić information content (AvgIpc) is 2.80. The minimum Gasteiger partial charge on any atom is -0.310 e. The SMILES string of the molecule is CCc1ccc(C(C)(C)C)c(C2CCCN2)c1. The Morgan fingerprint density at radius 2 is 2.06 bits per heavy atom. The van der Waals surface area contributed by atoms with E-state index >= 15 is 0 Å². The largest absolute Gasteiger partial charge is 0.310 e. The summed E-state index contributed by atoms with van der Waals surface area (Å²) in [6, 6.07) is 7.63. The van der Waals surface area contributed by atoms with Gasteiger partial charge in [0.25, 0.3) is 0 Å². The second-order valence-electron chi connectivity index (χ2n) is 6.17. The first-order valence-corrected chi connectivity index (χ1v) is 6.89. The highest BCUT2D eigenvalue weighted by molar-refractivity contribution is 5.39. The van der Waals surface area contributed by atoms with Crippen LogP contribution < -0.4 is 5.32 Å². The predicted molar refractivity (Wildman–Crippen MR) is 74.5 cm³/mol. The molecule has 1 unspecified atom stereocenters. The normalized spacial score (nSPS) is 20.8. The van der Waals surface area contributed by atoms with Crippen LogP contribution in [0.2, 0.25) is 0 Å². The van der Waals surface area contributed by atoms with Gasteiger partial charge < -0.3 is 5.32 Å². The van der Waals surface area contributed by atoms with Crippen molar-refractivity contribution in [2.24, 2.45) is 0 Å². The molecule has 0 aromatic heterocycles. The molecule has 0 radical (unpaired) electrons. The molecule has 17 heavy (non-hydrogen) atoms. The maximum absolute atomic E-state index is 3.64. The molecule has 1 N–H and O–H groups in total. The summed E-state index contributed by atoms with van der Waals surface area (Å²) < 4.78 is 0. The summed E-state index contributed by atoms with van der Waals surface area (Å²) in [5.41, 5.74) is 4.75. The van der Waals surface area contributed by atoms with E-state index in [1.54, 1.807) is 0 Å². The van der Waals surface area contributed by atoms with Crippen molar-refractivity contribution in [3.63, 3.8) is 0 Å². The zero-order valence-corrected chi connectivity index (χ0v) is 11.6. The van der Waals surface area contributed by atoms with Gasteiger partial charge in [0.2, 0.25) is 0 Å². The van der Waals surface area contributed by atoms with Gasteiger partial charge in [0.15, 0.2) is 0 Å². The summed E-state index contributed by atoms with van der Waals surface area (Å²) in [5, 5.41) is 3.64. The standard InChI is InChI=1S/C16H25N/c1-5-12-8-9-14(16(2,3)4)13(11-12)15-7-6-10-17-15/h8-9,11,15,17H,5-7,10H2,1-4H3. The van der Waals surface area contributed by atoms with Gasteiger partial charge in [0.05, 0.1) is 0 Å². The van der Waals surface area contributed by atoms with Gasteiger partial charge in [-0.3, -0.25) is 0 Å². The number of aryl methyl sites for hydroxylation is 1. The Hall–Kier alpha value is -0.820. The number of hydrogen-bond acceptors (Lipinski definition) is 1. The highest BCUT2D eigenvalue weighted by atomic mass is 14.9. The lowest BCUT2D eigenvalue weighted by Gasteiger charge is -2.26. The van der Waals surface area contributed by atoms with Crippen LogP contribution in [-0.4, -0.2) is 6.54 Å². The average molecular weight is 231 g/mol. The highest BCUT2D eigenvalue weighted by Gasteiger charge is 2.24. The molecule has 0 spiro atoms. The third-order valence-electron chi connectivity index (χ3n) is 3.77. The molecule has 1 saturated heterocycles. The second-order valence-corrected chi connectivity index (χ2v) is 6.17. The van der Waals surface area contributed by atoms with Crippen LogP contribution in [0.4, 0.5) is 0 Å². The molecule has 0 saturated carbocycles. The maximum Gasteiger partial charge on any atom is 0.0323 e. The lowest BCUT2D eigenvalue weighted by molar-refractivity contribution is 0.556. The monoisotopic (exact) mass is 231 g/mol. The van der Waals surface area contributed by atoms with Crippen molar-refractivity contribution in [2.45, 2.75) is 58.4 Å². The zero-order chi connectivity index (χ0) is 12.5. The van der Waals surface area contributed by atoms with Crippen molar-refractivity contribution in [3.8, 4) is 0 Å². The summed E-state index contributed by atoms with van der Waals surface area (Å²) in [5.74, 6) is 0. The van der Waals surface area contributed by atoms with Gasteiger partial charge in [-0.25, -0.2) is 0 Å². The van der Waals surface area contributed by atoms with E-state index in [1.807, 2.05) is 0 Å². The van der Waals surface area contributed by atoms with Crippen molar-refractivity contribution in [1.29, 1.82) is 0 Å². The van der Waals surface area contributed by atoms with Crippen LogP contribution in [0.15, 0.2) is 18.2 Å². The van der Waals surface area contributed by atoms with Crippen LogP contribution in [0.5, 0.6) is 0 Å². The quantitative estimate of drug-likeness (QED) is 0.812. The van der Waals surface area contributed by atoms with Crippen molar-refractivity contribution in [2.75, 3.05) is 6.54 Å². The van der Waals surface area contributed by atoms with Gasteiger partial charge in [-0.2, -0.15) is 0 Å². The van der Waals surface area contributed by atoms with Gasteiger partial charge in [0.1, 0.15) is 0 Å². The fourth-order valence-electron chi connectivity index (χ4n) is 2.75. The van der Waals surface area contributed by atoms with Crippen LogP contribution in [0, 0.1) is 0 Å². The van der Waals surface area contributed by atoms with Gasteiger partial charge in [-0.05, 0) is 47.9 Å². The van der Waals surface area contributed by atoms with Gasteiger partial charge in [-0.15, -0.1) is 0 Å². The molecule has 1 fully saturated rings. The van der Waals surface area contributed by atoms with E-state index in [1.165, 1.54) is 36.1 Å². The molecule has 1 aliphatic heterocycles. The summed E-state index contributed by atoms with van der Waals surface area (Å²) in [7, 11) is 0. The van der Waals surface area contributed by atoms with E-state index in [4.69, 9.17) is 0 Å². The Morgan fingerprint density at radius 1 is 1.29 bits per heavy atom.